The van der Waals surface area contributed by atoms with Crippen LogP contribution in [0.4, 0.5) is 4.79 Å². The Bertz CT molecular complexity index is 857. The number of hydrazine groups is 1. The van der Waals surface area contributed by atoms with Gasteiger partial charge in [-0.25, -0.2) is 4.79 Å². The monoisotopic (exact) mass is 385 g/mol. The summed E-state index contributed by atoms with van der Waals surface area (Å²) < 4.78 is 5.09. The van der Waals surface area contributed by atoms with Crippen LogP contribution in [0.2, 0.25) is 0 Å². The normalized spacial score (nSPS) is 19.0. The van der Waals surface area contributed by atoms with Crippen molar-refractivity contribution in [3.8, 4) is 5.75 Å². The van der Waals surface area contributed by atoms with Crippen LogP contribution in [-0.2, 0) is 15.1 Å². The second-order valence-electron chi connectivity index (χ2n) is 6.06. The van der Waals surface area contributed by atoms with E-state index in [1.807, 2.05) is 18.2 Å². The molecule has 4 amide bonds. The van der Waals surface area contributed by atoms with E-state index in [9.17, 15) is 14.4 Å². The lowest BCUT2D eigenvalue weighted by molar-refractivity contribution is -0.138. The van der Waals surface area contributed by atoms with E-state index < -0.39 is 23.4 Å². The molecule has 1 atom stereocenters. The molecule has 1 fully saturated rings. The van der Waals surface area contributed by atoms with Gasteiger partial charge in [-0.3, -0.25) is 15.0 Å². The van der Waals surface area contributed by atoms with Crippen LogP contribution < -0.4 is 15.5 Å². The fourth-order valence-electron chi connectivity index (χ4n) is 2.69. The zero-order valence-electron chi connectivity index (χ0n) is 14.9. The Morgan fingerprint density at radius 1 is 1.15 bits per heavy atom. The molecule has 8 heteroatoms. The number of amides is 4. The molecule has 2 aromatic rings. The first-order valence-corrected chi connectivity index (χ1v) is 9.21. The van der Waals surface area contributed by atoms with Crippen LogP contribution in [0.15, 0.2) is 59.5 Å². The minimum absolute atomic E-state index is 0.0610. The molecule has 3 rings (SSSR count). The highest BCUT2D eigenvalue weighted by molar-refractivity contribution is 8.00. The van der Waals surface area contributed by atoms with E-state index in [2.05, 4.69) is 10.7 Å². The minimum Gasteiger partial charge on any atom is -0.497 e. The number of methoxy groups -OCH3 is 1. The Hall–Kier alpha value is -3.00. The third kappa shape index (κ3) is 3.90. The number of carbonyl (C=O) groups is 3. The Morgan fingerprint density at radius 3 is 2.44 bits per heavy atom. The number of carbonyl (C=O) groups excluding carboxylic acids is 3. The van der Waals surface area contributed by atoms with Crippen LogP contribution in [-0.4, -0.2) is 35.7 Å². The summed E-state index contributed by atoms with van der Waals surface area (Å²) in [6.07, 6.45) is 0. The number of nitrogens with one attached hydrogen (secondary N) is 2. The van der Waals surface area contributed by atoms with Gasteiger partial charge in [0, 0.05) is 4.90 Å². The topological polar surface area (TPSA) is 87.7 Å². The summed E-state index contributed by atoms with van der Waals surface area (Å²) in [5, 5.41) is 3.38. The molecule has 1 heterocycles. The SMILES string of the molecule is COc1ccc(SCC(=O)NN2C(=O)NC(C)(c3ccccc3)C2=O)cc1. The van der Waals surface area contributed by atoms with E-state index in [1.165, 1.54) is 11.8 Å². The van der Waals surface area contributed by atoms with Gasteiger partial charge in [0.15, 0.2) is 0 Å². The van der Waals surface area contributed by atoms with Gasteiger partial charge >= 0.3 is 6.03 Å². The average Bonchev–Trinajstić information content (AvgIpc) is 2.91. The van der Waals surface area contributed by atoms with Crippen LogP contribution >= 0.6 is 11.8 Å². The molecule has 7 nitrogen and oxygen atoms in total. The van der Waals surface area contributed by atoms with Gasteiger partial charge in [0.1, 0.15) is 11.3 Å². The first kappa shape index (κ1) is 18.8. The van der Waals surface area contributed by atoms with Gasteiger partial charge in [-0.05, 0) is 36.8 Å². The molecule has 0 saturated carbocycles. The standard InChI is InChI=1S/C19H19N3O4S/c1-19(13-6-4-3-5-7-13)17(24)22(18(25)20-19)21-16(23)12-27-15-10-8-14(26-2)9-11-15/h3-11H,12H2,1-2H3,(H,20,25)(H,21,23). The molecule has 27 heavy (non-hydrogen) atoms. The number of imide groups is 1. The summed E-state index contributed by atoms with van der Waals surface area (Å²) >= 11 is 1.29. The number of rotatable bonds is 6. The zero-order chi connectivity index (χ0) is 19.4. The summed E-state index contributed by atoms with van der Waals surface area (Å²) in [6, 6.07) is 15.5. The molecular formula is C19H19N3O4S. The van der Waals surface area contributed by atoms with Crippen molar-refractivity contribution < 1.29 is 19.1 Å². The first-order valence-electron chi connectivity index (χ1n) is 8.22. The molecule has 1 aliphatic rings. The predicted molar refractivity (Wildman–Crippen MR) is 101 cm³/mol. The van der Waals surface area contributed by atoms with Crippen LogP contribution in [0.25, 0.3) is 0 Å². The van der Waals surface area contributed by atoms with E-state index in [-0.39, 0.29) is 5.75 Å². The van der Waals surface area contributed by atoms with Crippen molar-refractivity contribution in [2.24, 2.45) is 0 Å². The first-order chi connectivity index (χ1) is 12.9. The van der Waals surface area contributed by atoms with E-state index >= 15 is 0 Å². The van der Waals surface area contributed by atoms with Crippen molar-refractivity contribution in [1.29, 1.82) is 0 Å². The number of hydrogen-bond donors (Lipinski definition) is 2. The van der Waals surface area contributed by atoms with Crippen LogP contribution in [0.3, 0.4) is 0 Å². The zero-order valence-corrected chi connectivity index (χ0v) is 15.7. The third-order valence-corrected chi connectivity index (χ3v) is 5.22. The number of hydrogen-bond acceptors (Lipinski definition) is 5. The van der Waals surface area contributed by atoms with Crippen LogP contribution in [0, 0.1) is 0 Å². The number of nitrogens with zero attached hydrogens (tertiary/aromatic N) is 1. The van der Waals surface area contributed by atoms with Crippen molar-refractivity contribution in [3.05, 3.63) is 60.2 Å². The van der Waals surface area contributed by atoms with Gasteiger partial charge in [-0.1, -0.05) is 30.3 Å². The maximum atomic E-state index is 12.7. The van der Waals surface area contributed by atoms with Crippen molar-refractivity contribution in [2.75, 3.05) is 12.9 Å². The van der Waals surface area contributed by atoms with Crippen molar-refractivity contribution in [1.82, 2.24) is 15.8 Å². The molecule has 2 aromatic carbocycles. The number of thioether (sulfide) groups is 1. The molecule has 0 radical (unpaired) electrons. The molecular weight excluding hydrogens is 366 g/mol. The molecule has 140 valence electrons. The lowest BCUT2D eigenvalue weighted by Gasteiger charge is -2.22. The number of urea groups is 1. The maximum Gasteiger partial charge on any atom is 0.344 e. The Morgan fingerprint density at radius 2 is 1.81 bits per heavy atom. The minimum atomic E-state index is -1.21. The van der Waals surface area contributed by atoms with Gasteiger partial charge in [-0.2, -0.15) is 5.01 Å². The highest BCUT2D eigenvalue weighted by Crippen LogP contribution is 2.28. The smallest absolute Gasteiger partial charge is 0.344 e. The van der Waals surface area contributed by atoms with Gasteiger partial charge in [0.05, 0.1) is 12.9 Å². The molecule has 2 N–H and O–H groups in total. The Balaban J connectivity index is 1.62. The number of benzene rings is 2. The largest absolute Gasteiger partial charge is 0.497 e. The summed E-state index contributed by atoms with van der Waals surface area (Å²) in [5.74, 6) is -0.188. The van der Waals surface area contributed by atoms with Gasteiger partial charge in [-0.15, -0.1) is 11.8 Å². The maximum absolute atomic E-state index is 12.7. The lowest BCUT2D eigenvalue weighted by atomic mass is 9.92. The highest BCUT2D eigenvalue weighted by Gasteiger charge is 2.49. The fraction of sp³-hybridized carbons (Fsp3) is 0.211. The summed E-state index contributed by atoms with van der Waals surface area (Å²) in [4.78, 5) is 38.0. The quantitative estimate of drug-likeness (QED) is 0.588. The third-order valence-electron chi connectivity index (χ3n) is 4.21. The van der Waals surface area contributed by atoms with Crippen LogP contribution in [0.1, 0.15) is 12.5 Å². The molecule has 0 bridgehead atoms. The molecule has 0 aromatic heterocycles. The molecule has 1 aliphatic heterocycles. The summed E-state index contributed by atoms with van der Waals surface area (Å²) in [6.45, 7) is 1.61. The second-order valence-corrected chi connectivity index (χ2v) is 7.11. The lowest BCUT2D eigenvalue weighted by Crippen LogP contribution is -2.48. The fourth-order valence-corrected chi connectivity index (χ4v) is 3.38. The van der Waals surface area contributed by atoms with E-state index in [4.69, 9.17) is 4.74 Å². The van der Waals surface area contributed by atoms with Gasteiger partial charge in [0.2, 0.25) is 5.91 Å². The molecule has 1 unspecified atom stereocenters. The summed E-state index contributed by atoms with van der Waals surface area (Å²) in [5.41, 5.74) is 1.82. The second kappa shape index (κ2) is 7.71. The highest BCUT2D eigenvalue weighted by atomic mass is 32.2. The van der Waals surface area contributed by atoms with E-state index in [1.54, 1.807) is 50.4 Å². The molecule has 0 aliphatic carbocycles. The Labute approximate surface area is 161 Å². The molecule has 0 spiro atoms. The molecule has 1 saturated heterocycles. The van der Waals surface area contributed by atoms with Gasteiger partial charge in [0.25, 0.3) is 5.91 Å². The summed E-state index contributed by atoms with van der Waals surface area (Å²) in [7, 11) is 1.58. The van der Waals surface area contributed by atoms with Crippen molar-refractivity contribution in [2.45, 2.75) is 17.4 Å². The van der Waals surface area contributed by atoms with Crippen molar-refractivity contribution in [3.63, 3.8) is 0 Å². The number of ether oxygens (including phenoxy) is 1. The van der Waals surface area contributed by atoms with Gasteiger partial charge < -0.3 is 10.1 Å². The van der Waals surface area contributed by atoms with E-state index in [0.29, 0.717) is 5.56 Å². The van der Waals surface area contributed by atoms with Crippen molar-refractivity contribution >= 4 is 29.6 Å². The average molecular weight is 385 g/mol. The Kier molecular flexibility index (Phi) is 5.36. The predicted octanol–water partition coefficient (Wildman–Crippen LogP) is 2.29. The van der Waals surface area contributed by atoms with E-state index in [0.717, 1.165) is 15.7 Å². The van der Waals surface area contributed by atoms with Crippen LogP contribution in [0.5, 0.6) is 5.75 Å².